The SMILES string of the molecule is C=C/C(Br)=C\NC(CCCC)=NC1CC1. The van der Waals surface area contributed by atoms with E-state index in [9.17, 15) is 0 Å². The maximum atomic E-state index is 4.64. The third-order valence-electron chi connectivity index (χ3n) is 2.22. The van der Waals surface area contributed by atoms with Crippen molar-refractivity contribution in [2.24, 2.45) is 4.99 Å². The van der Waals surface area contributed by atoms with Gasteiger partial charge in [0.05, 0.1) is 6.04 Å². The van der Waals surface area contributed by atoms with Crippen molar-refractivity contribution in [2.45, 2.75) is 45.1 Å². The summed E-state index contributed by atoms with van der Waals surface area (Å²) >= 11 is 3.38. The van der Waals surface area contributed by atoms with Crippen molar-refractivity contribution in [3.8, 4) is 0 Å². The number of halogens is 1. The smallest absolute Gasteiger partial charge is 0.101 e. The molecule has 0 atom stereocenters. The second-order valence-corrected chi connectivity index (χ2v) is 4.70. The number of allylic oxidation sites excluding steroid dienone is 2. The highest BCUT2D eigenvalue weighted by Gasteiger charge is 2.20. The molecule has 1 aliphatic carbocycles. The molecule has 15 heavy (non-hydrogen) atoms. The average Bonchev–Trinajstić information content (AvgIpc) is 3.05. The molecule has 1 aliphatic rings. The first-order chi connectivity index (χ1) is 7.26. The summed E-state index contributed by atoms with van der Waals surface area (Å²) in [4.78, 5) is 4.64. The molecule has 1 rings (SSSR count). The number of amidine groups is 1. The highest BCUT2D eigenvalue weighted by Crippen LogP contribution is 2.23. The summed E-state index contributed by atoms with van der Waals surface area (Å²) in [5.74, 6) is 1.11. The van der Waals surface area contributed by atoms with Gasteiger partial charge in [-0.05, 0) is 35.2 Å². The first kappa shape index (κ1) is 12.5. The van der Waals surface area contributed by atoms with Crippen LogP contribution in [0.15, 0.2) is 28.3 Å². The molecule has 0 spiro atoms. The van der Waals surface area contributed by atoms with Crippen molar-refractivity contribution in [3.63, 3.8) is 0 Å². The minimum absolute atomic E-state index is 0.584. The predicted molar refractivity (Wildman–Crippen MR) is 70.3 cm³/mol. The summed E-state index contributed by atoms with van der Waals surface area (Å²) < 4.78 is 0.961. The van der Waals surface area contributed by atoms with Gasteiger partial charge in [-0.15, -0.1) is 0 Å². The number of aliphatic imine (C=N–C) groups is 1. The zero-order chi connectivity index (χ0) is 11.1. The van der Waals surface area contributed by atoms with Gasteiger partial charge in [-0.3, -0.25) is 4.99 Å². The molecule has 0 radical (unpaired) electrons. The minimum Gasteiger partial charge on any atom is -0.349 e. The fraction of sp³-hybridized carbons (Fsp3) is 0.583. The molecule has 1 N–H and O–H groups in total. The Hall–Kier alpha value is -0.570. The van der Waals surface area contributed by atoms with Gasteiger partial charge in [0.1, 0.15) is 5.84 Å². The number of nitrogens with zero attached hydrogens (tertiary/aromatic N) is 1. The Labute approximate surface area is 101 Å². The fourth-order valence-corrected chi connectivity index (χ4v) is 1.27. The lowest BCUT2D eigenvalue weighted by molar-refractivity contribution is 0.815. The van der Waals surface area contributed by atoms with E-state index in [-0.39, 0.29) is 0 Å². The summed E-state index contributed by atoms with van der Waals surface area (Å²) in [5, 5.41) is 3.25. The standard InChI is InChI=1S/C12H19BrN2/c1-3-5-6-12(15-11-7-8-11)14-9-10(13)4-2/h4,9,11H,2-3,5-8H2,1H3,(H,14,15)/b10-9+. The zero-order valence-corrected chi connectivity index (χ0v) is 10.9. The van der Waals surface area contributed by atoms with E-state index < -0.39 is 0 Å². The van der Waals surface area contributed by atoms with E-state index in [1.54, 1.807) is 6.08 Å². The second kappa shape index (κ2) is 6.83. The summed E-state index contributed by atoms with van der Waals surface area (Å²) in [6, 6.07) is 0.584. The maximum absolute atomic E-state index is 4.64. The van der Waals surface area contributed by atoms with Crippen molar-refractivity contribution < 1.29 is 0 Å². The van der Waals surface area contributed by atoms with Crippen LogP contribution < -0.4 is 5.32 Å². The Morgan fingerprint density at radius 3 is 2.87 bits per heavy atom. The fourth-order valence-electron chi connectivity index (χ4n) is 1.15. The molecule has 0 aromatic rings. The van der Waals surface area contributed by atoms with Crippen molar-refractivity contribution in [3.05, 3.63) is 23.3 Å². The largest absolute Gasteiger partial charge is 0.349 e. The van der Waals surface area contributed by atoms with Crippen LogP contribution >= 0.6 is 15.9 Å². The molecule has 0 aromatic heterocycles. The average molecular weight is 271 g/mol. The van der Waals surface area contributed by atoms with E-state index in [0.29, 0.717) is 6.04 Å². The van der Waals surface area contributed by atoms with Crippen molar-refractivity contribution in [1.82, 2.24) is 5.32 Å². The molecular weight excluding hydrogens is 252 g/mol. The quantitative estimate of drug-likeness (QED) is 0.444. The van der Waals surface area contributed by atoms with Gasteiger partial charge in [0.2, 0.25) is 0 Å². The van der Waals surface area contributed by atoms with Gasteiger partial charge in [-0.2, -0.15) is 0 Å². The van der Waals surface area contributed by atoms with E-state index in [1.165, 1.54) is 25.7 Å². The molecule has 0 unspecified atom stereocenters. The summed E-state index contributed by atoms with van der Waals surface area (Å²) in [7, 11) is 0. The molecule has 3 heteroatoms. The van der Waals surface area contributed by atoms with E-state index >= 15 is 0 Å². The molecule has 2 nitrogen and oxygen atoms in total. The number of hydrogen-bond acceptors (Lipinski definition) is 1. The molecule has 0 saturated heterocycles. The van der Waals surface area contributed by atoms with Crippen LogP contribution in [-0.4, -0.2) is 11.9 Å². The Morgan fingerprint density at radius 1 is 1.60 bits per heavy atom. The Bertz CT molecular complexity index is 265. The monoisotopic (exact) mass is 270 g/mol. The van der Waals surface area contributed by atoms with Gasteiger partial charge in [-0.1, -0.05) is 26.0 Å². The first-order valence-corrected chi connectivity index (χ1v) is 6.37. The van der Waals surface area contributed by atoms with E-state index in [0.717, 1.165) is 16.7 Å². The molecule has 0 bridgehead atoms. The third-order valence-corrected chi connectivity index (χ3v) is 2.78. The Balaban J connectivity index is 2.44. The first-order valence-electron chi connectivity index (χ1n) is 5.57. The normalized spacial score (nSPS) is 17.7. The molecule has 0 aromatic carbocycles. The zero-order valence-electron chi connectivity index (χ0n) is 9.30. The van der Waals surface area contributed by atoms with Crippen LogP contribution in [0.3, 0.4) is 0 Å². The van der Waals surface area contributed by atoms with Crippen LogP contribution in [0.25, 0.3) is 0 Å². The summed E-state index contributed by atoms with van der Waals surface area (Å²) in [6.45, 7) is 5.88. The topological polar surface area (TPSA) is 24.4 Å². The van der Waals surface area contributed by atoms with E-state index in [4.69, 9.17) is 0 Å². The van der Waals surface area contributed by atoms with E-state index in [1.807, 2.05) is 6.20 Å². The van der Waals surface area contributed by atoms with Gasteiger partial charge in [-0.25, -0.2) is 0 Å². The molecular formula is C12H19BrN2. The van der Waals surface area contributed by atoms with Crippen molar-refractivity contribution in [2.75, 3.05) is 0 Å². The van der Waals surface area contributed by atoms with Crippen molar-refractivity contribution in [1.29, 1.82) is 0 Å². The van der Waals surface area contributed by atoms with Gasteiger partial charge >= 0.3 is 0 Å². The Kier molecular flexibility index (Phi) is 5.69. The van der Waals surface area contributed by atoms with Gasteiger partial charge < -0.3 is 5.32 Å². The van der Waals surface area contributed by atoms with Gasteiger partial charge in [0.25, 0.3) is 0 Å². The van der Waals surface area contributed by atoms with Crippen LogP contribution in [0, 0.1) is 0 Å². The summed E-state index contributed by atoms with van der Waals surface area (Å²) in [6.07, 6.45) is 9.62. The van der Waals surface area contributed by atoms with Crippen LogP contribution in [0.5, 0.6) is 0 Å². The molecule has 0 heterocycles. The number of rotatable bonds is 6. The second-order valence-electron chi connectivity index (χ2n) is 3.79. The maximum Gasteiger partial charge on any atom is 0.101 e. The lowest BCUT2D eigenvalue weighted by atomic mass is 10.2. The van der Waals surface area contributed by atoms with Gasteiger partial charge in [0, 0.05) is 17.1 Å². The van der Waals surface area contributed by atoms with E-state index in [2.05, 4.69) is 39.7 Å². The molecule has 84 valence electrons. The number of hydrogen-bond donors (Lipinski definition) is 1. The van der Waals surface area contributed by atoms with Crippen molar-refractivity contribution >= 4 is 21.8 Å². The van der Waals surface area contributed by atoms with Crippen LogP contribution in [-0.2, 0) is 0 Å². The third kappa shape index (κ3) is 5.78. The number of nitrogens with one attached hydrogen (secondary N) is 1. The lowest BCUT2D eigenvalue weighted by Crippen LogP contribution is -2.18. The minimum atomic E-state index is 0.584. The lowest BCUT2D eigenvalue weighted by Gasteiger charge is -2.05. The molecule has 0 amide bonds. The summed E-state index contributed by atoms with van der Waals surface area (Å²) in [5.41, 5.74) is 0. The van der Waals surface area contributed by atoms with Crippen LogP contribution in [0.4, 0.5) is 0 Å². The van der Waals surface area contributed by atoms with Crippen LogP contribution in [0.2, 0.25) is 0 Å². The molecule has 1 saturated carbocycles. The number of unbranched alkanes of at least 4 members (excludes halogenated alkanes) is 1. The highest BCUT2D eigenvalue weighted by molar-refractivity contribution is 9.11. The highest BCUT2D eigenvalue weighted by atomic mass is 79.9. The predicted octanol–water partition coefficient (Wildman–Crippen LogP) is 3.75. The van der Waals surface area contributed by atoms with Crippen LogP contribution in [0.1, 0.15) is 39.0 Å². The van der Waals surface area contributed by atoms with Gasteiger partial charge in [0.15, 0.2) is 0 Å². The molecule has 0 aliphatic heterocycles. The Morgan fingerprint density at radius 2 is 2.33 bits per heavy atom. The molecule has 1 fully saturated rings.